The van der Waals surface area contributed by atoms with Gasteiger partial charge < -0.3 is 1.43 Å². The van der Waals surface area contributed by atoms with Crippen molar-refractivity contribution in [3.63, 3.8) is 0 Å². The maximum Gasteiger partial charge on any atom is 1.00 e. The Hall–Kier alpha value is -2.53. The summed E-state index contributed by atoms with van der Waals surface area (Å²) in [6, 6.07) is 13.6. The summed E-state index contributed by atoms with van der Waals surface area (Å²) < 4.78 is 0. The minimum atomic E-state index is -0.179. The Balaban J connectivity index is 0.00000264. The van der Waals surface area contributed by atoms with Crippen LogP contribution in [0.15, 0.2) is 64.8 Å². The van der Waals surface area contributed by atoms with E-state index >= 15 is 0 Å². The molecule has 0 amide bonds. The van der Waals surface area contributed by atoms with Gasteiger partial charge in [0.05, 0.1) is 5.69 Å². The Morgan fingerprint density at radius 2 is 1.70 bits per heavy atom. The fourth-order valence-electron chi connectivity index (χ4n) is 1.83. The number of carbonyl (C=O) groups is 1. The van der Waals surface area contributed by atoms with Crippen molar-refractivity contribution in [2.75, 3.05) is 0 Å². The Morgan fingerprint density at radius 3 is 2.35 bits per heavy atom. The van der Waals surface area contributed by atoms with Crippen LogP contribution in [0.4, 0.5) is 11.4 Å². The number of rotatable bonds is 5. The summed E-state index contributed by atoms with van der Waals surface area (Å²) >= 11 is 0. The molecule has 108 valence electrons. The summed E-state index contributed by atoms with van der Waals surface area (Å²) in [4.78, 5) is 17.4. The van der Waals surface area contributed by atoms with Gasteiger partial charge in [-0.3, -0.25) is 4.79 Å². The third-order valence-electron chi connectivity index (χ3n) is 2.82. The number of benzene rings is 2. The maximum absolute atomic E-state index is 12.0. The van der Waals surface area contributed by atoms with E-state index in [4.69, 9.17) is 11.1 Å². The van der Waals surface area contributed by atoms with Crippen LogP contribution in [0.25, 0.3) is 27.0 Å². The average Bonchev–Trinajstić information content (AvgIpc) is 2.56. The predicted molar refractivity (Wildman–Crippen MR) is 85.0 cm³/mol. The van der Waals surface area contributed by atoms with E-state index < -0.39 is 0 Å². The minimum absolute atomic E-state index is 0. The summed E-state index contributed by atoms with van der Waals surface area (Å²) in [5.41, 5.74) is 18.6. The van der Waals surface area contributed by atoms with Gasteiger partial charge in [-0.15, -0.1) is 0 Å². The molecule has 23 heavy (non-hydrogen) atoms. The van der Waals surface area contributed by atoms with Gasteiger partial charge >= 0.3 is 29.6 Å². The molecular formula is C15H11N6NaO. The summed E-state index contributed by atoms with van der Waals surface area (Å²) in [6.45, 7) is 0. The average molecular weight is 314 g/mol. The van der Waals surface area contributed by atoms with Crippen molar-refractivity contribution in [1.29, 1.82) is 0 Å². The second-order valence-electron chi connectivity index (χ2n) is 4.16. The number of nitrogens with zero attached hydrogens (tertiary/aromatic N) is 6. The van der Waals surface area contributed by atoms with E-state index in [-0.39, 0.29) is 48.1 Å². The number of azide groups is 2. The quantitative estimate of drug-likeness (QED) is 0.207. The van der Waals surface area contributed by atoms with E-state index in [2.05, 4.69) is 20.1 Å². The largest absolute Gasteiger partial charge is 1.00 e. The summed E-state index contributed by atoms with van der Waals surface area (Å²) in [5.74, 6) is -0.179. The second-order valence-corrected chi connectivity index (χ2v) is 4.16. The molecule has 0 aromatic heterocycles. The predicted octanol–water partition coefficient (Wildman–Crippen LogP) is 2.58. The van der Waals surface area contributed by atoms with Crippen molar-refractivity contribution in [1.82, 2.24) is 0 Å². The zero-order valence-electron chi connectivity index (χ0n) is 13.4. The maximum atomic E-state index is 12.0. The third kappa shape index (κ3) is 5.00. The molecule has 2 aromatic carbocycles. The van der Waals surface area contributed by atoms with Crippen molar-refractivity contribution in [3.8, 4) is 0 Å². The van der Waals surface area contributed by atoms with Crippen molar-refractivity contribution in [2.24, 2.45) is 10.2 Å². The van der Waals surface area contributed by atoms with Gasteiger partial charge in [0, 0.05) is 21.1 Å². The molecule has 8 heteroatoms. The van der Waals surface area contributed by atoms with Gasteiger partial charge in [-0.2, -0.15) is 0 Å². The molecule has 0 atom stereocenters. The molecule has 0 unspecified atom stereocenters. The topological polar surface area (TPSA) is 115 Å². The van der Waals surface area contributed by atoms with Gasteiger partial charge in [-0.1, -0.05) is 64.8 Å². The summed E-state index contributed by atoms with van der Waals surface area (Å²) in [5, 5.41) is 7.00. The number of hydrogen-bond acceptors (Lipinski definition) is 3. The second kappa shape index (κ2) is 9.48. The van der Waals surface area contributed by atoms with Crippen LogP contribution in [0.2, 0.25) is 0 Å². The molecule has 0 aliphatic rings. The molecule has 0 radical (unpaired) electrons. The first-order chi connectivity index (χ1) is 10.8. The minimum Gasteiger partial charge on any atom is -1.00 e. The molecule has 0 saturated carbocycles. The van der Waals surface area contributed by atoms with Gasteiger partial charge in [-0.25, -0.2) is 0 Å². The first kappa shape index (κ1) is 18.5. The Labute approximate surface area is 155 Å². The first-order valence-corrected chi connectivity index (χ1v) is 6.27. The van der Waals surface area contributed by atoms with Gasteiger partial charge in [-0.05, 0) is 22.7 Å². The normalized spacial score (nSPS) is 9.39. The molecule has 7 nitrogen and oxygen atoms in total. The molecule has 0 bridgehead atoms. The Morgan fingerprint density at radius 1 is 1.00 bits per heavy atom. The number of hydrogen-bond donors (Lipinski definition) is 0. The molecule has 0 heterocycles. The van der Waals surface area contributed by atoms with Crippen LogP contribution in [0.5, 0.6) is 0 Å². The Kier molecular flexibility index (Phi) is 7.63. The van der Waals surface area contributed by atoms with Crippen LogP contribution in [0.3, 0.4) is 0 Å². The van der Waals surface area contributed by atoms with Crippen LogP contribution in [0, 0.1) is 0 Å². The standard InChI is InChI=1S/C15H10N6O.Na.H/c16-20-18-13-8-4-7-12(15(13)19-21-17)9-10-14(22)11-5-2-1-3-6-11;;/h1-10H;;/q;+1;-1. The zero-order chi connectivity index (χ0) is 15.8. The number of ketones is 1. The van der Waals surface area contributed by atoms with E-state index in [1.165, 1.54) is 18.2 Å². The zero-order valence-corrected chi connectivity index (χ0v) is 14.4. The van der Waals surface area contributed by atoms with Crippen molar-refractivity contribution in [3.05, 3.63) is 86.6 Å². The third-order valence-corrected chi connectivity index (χ3v) is 2.82. The fraction of sp³-hybridized carbons (Fsp3) is 0. The molecule has 0 aliphatic carbocycles. The van der Waals surface area contributed by atoms with Crippen LogP contribution in [0.1, 0.15) is 17.3 Å². The van der Waals surface area contributed by atoms with Gasteiger partial charge in [0.2, 0.25) is 0 Å². The van der Waals surface area contributed by atoms with Crippen molar-refractivity contribution < 1.29 is 35.8 Å². The van der Waals surface area contributed by atoms with E-state index in [0.717, 1.165) is 0 Å². The molecule has 2 rings (SSSR count). The molecule has 0 N–H and O–H groups in total. The molecule has 2 aromatic rings. The van der Waals surface area contributed by atoms with Gasteiger partial charge in [0.25, 0.3) is 0 Å². The summed E-state index contributed by atoms with van der Waals surface area (Å²) in [7, 11) is 0. The van der Waals surface area contributed by atoms with E-state index in [9.17, 15) is 4.79 Å². The molecule has 0 aliphatic heterocycles. The van der Waals surface area contributed by atoms with E-state index in [1.54, 1.807) is 36.4 Å². The van der Waals surface area contributed by atoms with Crippen molar-refractivity contribution in [2.45, 2.75) is 0 Å². The van der Waals surface area contributed by atoms with Crippen LogP contribution in [-0.4, -0.2) is 5.78 Å². The van der Waals surface area contributed by atoms with E-state index in [0.29, 0.717) is 11.1 Å². The van der Waals surface area contributed by atoms with Crippen molar-refractivity contribution >= 4 is 23.2 Å². The first-order valence-electron chi connectivity index (χ1n) is 6.27. The van der Waals surface area contributed by atoms with Crippen LogP contribution < -0.4 is 29.6 Å². The number of allylic oxidation sites excluding steroid dienone is 1. The molecular weight excluding hydrogens is 303 g/mol. The fourth-order valence-corrected chi connectivity index (χ4v) is 1.83. The molecule has 0 fully saturated rings. The Bertz CT molecular complexity index is 827. The smallest absolute Gasteiger partial charge is 1.00 e. The molecule has 0 saturated heterocycles. The monoisotopic (exact) mass is 314 g/mol. The number of carbonyl (C=O) groups excluding carboxylic acids is 1. The van der Waals surface area contributed by atoms with E-state index in [1.807, 2.05) is 6.07 Å². The van der Waals surface area contributed by atoms with Gasteiger partial charge in [0.15, 0.2) is 5.78 Å². The van der Waals surface area contributed by atoms with Crippen LogP contribution in [-0.2, 0) is 0 Å². The summed E-state index contributed by atoms with van der Waals surface area (Å²) in [6.07, 6.45) is 2.90. The SMILES string of the molecule is [H-].[N-]=[N+]=Nc1cccc(C=CC(=O)c2ccccc2)c1N=[N+]=[N-].[Na+]. The molecule has 0 spiro atoms. The van der Waals surface area contributed by atoms with Crippen LogP contribution >= 0.6 is 0 Å². The van der Waals surface area contributed by atoms with Gasteiger partial charge in [0.1, 0.15) is 0 Å².